The number of hydrogen-bond acceptors (Lipinski definition) is 1. The highest BCUT2D eigenvalue weighted by molar-refractivity contribution is 9.10. The van der Waals surface area contributed by atoms with Gasteiger partial charge < -0.3 is 0 Å². The molecule has 1 saturated carbocycles. The van der Waals surface area contributed by atoms with Crippen molar-refractivity contribution in [2.75, 3.05) is 0 Å². The van der Waals surface area contributed by atoms with Gasteiger partial charge in [0.2, 0.25) is 0 Å². The smallest absolute Gasteiger partial charge is 0.144 e. The number of fused-ring (bicyclic) bond motifs is 3. The number of halogens is 1. The number of carbonyl (C=O) groups excluding carboxylic acids is 1. The fraction of sp³-hybridized carbons (Fsp3) is 0.261. The van der Waals surface area contributed by atoms with Crippen molar-refractivity contribution in [3.8, 4) is 0 Å². The first kappa shape index (κ1) is 15.3. The Morgan fingerprint density at radius 3 is 2.36 bits per heavy atom. The second-order valence-corrected chi connectivity index (χ2v) is 8.33. The summed E-state index contributed by atoms with van der Waals surface area (Å²) in [6, 6.07) is 21.7. The lowest BCUT2D eigenvalue weighted by Gasteiger charge is -2.31. The summed E-state index contributed by atoms with van der Waals surface area (Å²) in [6.45, 7) is 0. The maximum atomic E-state index is 13.1. The van der Waals surface area contributed by atoms with Gasteiger partial charge in [-0.1, -0.05) is 58.4 Å². The van der Waals surface area contributed by atoms with Crippen molar-refractivity contribution < 1.29 is 4.79 Å². The third-order valence-electron chi connectivity index (χ3n) is 6.22. The molecule has 3 aromatic rings. The van der Waals surface area contributed by atoms with E-state index >= 15 is 0 Å². The zero-order valence-corrected chi connectivity index (χ0v) is 15.6. The zero-order valence-electron chi connectivity index (χ0n) is 14.0. The Bertz CT molecular complexity index is 989. The topological polar surface area (TPSA) is 17.1 Å². The molecule has 0 N–H and O–H groups in total. The van der Waals surface area contributed by atoms with Crippen molar-refractivity contribution in [3.63, 3.8) is 0 Å². The number of hydrogen-bond donors (Lipinski definition) is 0. The lowest BCUT2D eigenvalue weighted by molar-refractivity contribution is -0.122. The van der Waals surface area contributed by atoms with Gasteiger partial charge in [-0.3, -0.25) is 4.79 Å². The molecule has 2 aliphatic carbocycles. The van der Waals surface area contributed by atoms with Crippen LogP contribution in [0.1, 0.15) is 41.9 Å². The molecular weight excluding hydrogens is 372 g/mol. The number of rotatable bonds is 1. The lowest BCUT2D eigenvalue weighted by Crippen LogP contribution is -2.34. The van der Waals surface area contributed by atoms with Gasteiger partial charge in [0.25, 0.3) is 0 Å². The summed E-state index contributed by atoms with van der Waals surface area (Å²) in [6.07, 6.45) is 3.68. The molecule has 1 fully saturated rings. The Kier molecular flexibility index (Phi) is 3.40. The van der Waals surface area contributed by atoms with E-state index in [-0.39, 0.29) is 11.3 Å². The van der Waals surface area contributed by atoms with E-state index in [1.165, 1.54) is 27.5 Å². The Morgan fingerprint density at radius 2 is 1.68 bits per heavy atom. The highest BCUT2D eigenvalue weighted by Gasteiger charge is 2.54. The molecule has 0 aliphatic heterocycles. The van der Waals surface area contributed by atoms with Crippen LogP contribution in [0.3, 0.4) is 0 Å². The molecule has 0 radical (unpaired) electrons. The van der Waals surface area contributed by atoms with E-state index in [1.807, 2.05) is 0 Å². The fourth-order valence-corrected chi connectivity index (χ4v) is 5.36. The average Bonchev–Trinajstić information content (AvgIpc) is 3.16. The molecule has 0 unspecified atom stereocenters. The average molecular weight is 391 g/mol. The molecule has 2 atom stereocenters. The summed E-state index contributed by atoms with van der Waals surface area (Å²) in [4.78, 5) is 13.1. The highest BCUT2D eigenvalue weighted by atomic mass is 79.9. The largest absolute Gasteiger partial charge is 0.299 e. The summed E-state index contributed by atoms with van der Waals surface area (Å²) in [5.74, 6) is 0.705. The Hall–Kier alpha value is -1.93. The first-order valence-corrected chi connectivity index (χ1v) is 9.79. The summed E-state index contributed by atoms with van der Waals surface area (Å²) < 4.78 is 1.09. The van der Waals surface area contributed by atoms with Crippen molar-refractivity contribution in [2.24, 2.45) is 0 Å². The molecule has 2 heteroatoms. The van der Waals surface area contributed by atoms with Crippen LogP contribution in [0.15, 0.2) is 65.1 Å². The SMILES string of the molecule is O=C1CCC[C@@]12c1cc3ccccc3cc1C[C@H]2c1ccc(Br)cc1. The predicted molar refractivity (Wildman–Crippen MR) is 105 cm³/mol. The van der Waals surface area contributed by atoms with Gasteiger partial charge >= 0.3 is 0 Å². The summed E-state index contributed by atoms with van der Waals surface area (Å²) >= 11 is 3.53. The van der Waals surface area contributed by atoms with E-state index in [4.69, 9.17) is 0 Å². The first-order valence-electron chi connectivity index (χ1n) is 8.99. The normalized spacial score (nSPS) is 25.0. The minimum atomic E-state index is -0.312. The molecule has 0 amide bonds. The van der Waals surface area contributed by atoms with Crippen molar-refractivity contribution in [3.05, 3.63) is 81.8 Å². The number of carbonyl (C=O) groups is 1. The van der Waals surface area contributed by atoms with Crippen LogP contribution in [0.4, 0.5) is 0 Å². The van der Waals surface area contributed by atoms with Gasteiger partial charge in [0.1, 0.15) is 5.78 Å². The van der Waals surface area contributed by atoms with Crippen molar-refractivity contribution >= 4 is 32.5 Å². The van der Waals surface area contributed by atoms with Gasteiger partial charge in [-0.25, -0.2) is 0 Å². The van der Waals surface area contributed by atoms with Crippen LogP contribution in [0.25, 0.3) is 10.8 Å². The van der Waals surface area contributed by atoms with Gasteiger partial charge in [-0.2, -0.15) is 0 Å². The van der Waals surface area contributed by atoms with Gasteiger partial charge in [-0.15, -0.1) is 0 Å². The molecule has 124 valence electrons. The van der Waals surface area contributed by atoms with Gasteiger partial charge in [0.15, 0.2) is 0 Å². The van der Waals surface area contributed by atoms with Crippen LogP contribution in [-0.4, -0.2) is 5.78 Å². The van der Waals surface area contributed by atoms with Crippen LogP contribution < -0.4 is 0 Å². The summed E-state index contributed by atoms with van der Waals surface area (Å²) in [5.41, 5.74) is 3.63. The van der Waals surface area contributed by atoms with E-state index in [1.54, 1.807) is 0 Å². The van der Waals surface area contributed by atoms with E-state index in [2.05, 4.69) is 76.6 Å². The van der Waals surface area contributed by atoms with Gasteiger partial charge in [0.05, 0.1) is 5.41 Å². The predicted octanol–water partition coefficient (Wildman–Crippen LogP) is 5.93. The molecule has 0 heterocycles. The zero-order chi connectivity index (χ0) is 17.0. The van der Waals surface area contributed by atoms with Crippen LogP contribution in [-0.2, 0) is 16.6 Å². The van der Waals surface area contributed by atoms with Crippen LogP contribution in [0, 0.1) is 0 Å². The van der Waals surface area contributed by atoms with Gasteiger partial charge in [-0.05, 0) is 64.9 Å². The maximum absolute atomic E-state index is 13.1. The van der Waals surface area contributed by atoms with Crippen molar-refractivity contribution in [2.45, 2.75) is 37.0 Å². The maximum Gasteiger partial charge on any atom is 0.144 e. The Morgan fingerprint density at radius 1 is 0.960 bits per heavy atom. The molecule has 0 saturated heterocycles. The second kappa shape index (κ2) is 5.54. The van der Waals surface area contributed by atoms with Crippen LogP contribution in [0.5, 0.6) is 0 Å². The molecule has 5 rings (SSSR count). The molecular formula is C23H19BrO. The third-order valence-corrected chi connectivity index (χ3v) is 6.74. The minimum absolute atomic E-state index is 0.266. The van der Waals surface area contributed by atoms with Gasteiger partial charge in [0, 0.05) is 16.8 Å². The monoisotopic (exact) mass is 390 g/mol. The number of benzene rings is 3. The first-order chi connectivity index (χ1) is 12.2. The van der Waals surface area contributed by atoms with Crippen molar-refractivity contribution in [1.82, 2.24) is 0 Å². The van der Waals surface area contributed by atoms with Crippen molar-refractivity contribution in [1.29, 1.82) is 0 Å². The molecule has 0 bridgehead atoms. The standard InChI is InChI=1S/C23H19BrO/c24-19-9-7-15(8-10-19)20-14-18-12-16-4-1-2-5-17(16)13-21(18)23(20)11-3-6-22(23)25/h1-2,4-5,7-10,12-13,20H,3,6,11,14H2/t20-,23+/m0/s1. The molecule has 1 nitrogen and oxygen atoms in total. The third kappa shape index (κ3) is 2.17. The van der Waals surface area contributed by atoms with Crippen LogP contribution >= 0.6 is 15.9 Å². The Balaban J connectivity index is 1.74. The molecule has 1 spiro atoms. The fourth-order valence-electron chi connectivity index (χ4n) is 5.09. The highest BCUT2D eigenvalue weighted by Crippen LogP contribution is 2.56. The molecule has 2 aliphatic rings. The van der Waals surface area contributed by atoms with E-state index in [9.17, 15) is 4.79 Å². The molecule has 3 aromatic carbocycles. The second-order valence-electron chi connectivity index (χ2n) is 7.41. The molecule has 25 heavy (non-hydrogen) atoms. The van der Waals surface area contributed by atoms with E-state index in [0.29, 0.717) is 5.78 Å². The summed E-state index contributed by atoms with van der Waals surface area (Å²) in [7, 11) is 0. The van der Waals surface area contributed by atoms with E-state index < -0.39 is 0 Å². The van der Waals surface area contributed by atoms with E-state index in [0.717, 1.165) is 30.2 Å². The number of ketones is 1. The quantitative estimate of drug-likeness (QED) is 0.502. The molecule has 0 aromatic heterocycles. The number of Topliss-reactive ketones (excluding diaryl/α,β-unsaturated/α-hetero) is 1. The summed E-state index contributed by atoms with van der Waals surface area (Å²) in [5, 5.41) is 2.52. The lowest BCUT2D eigenvalue weighted by atomic mass is 9.70. The Labute approximate surface area is 156 Å². The van der Waals surface area contributed by atoms with Crippen LogP contribution in [0.2, 0.25) is 0 Å². The minimum Gasteiger partial charge on any atom is -0.299 e.